The second-order valence-electron chi connectivity index (χ2n) is 4.10. The number of carbonyl (C=O) groups excluding carboxylic acids is 1. The van der Waals surface area contributed by atoms with E-state index in [4.69, 9.17) is 9.84 Å². The van der Waals surface area contributed by atoms with Gasteiger partial charge >= 0.3 is 12.1 Å². The van der Waals surface area contributed by atoms with E-state index in [9.17, 15) is 9.59 Å². The van der Waals surface area contributed by atoms with Crippen LogP contribution < -0.4 is 5.32 Å². The van der Waals surface area contributed by atoms with E-state index in [2.05, 4.69) is 9.73 Å². The van der Waals surface area contributed by atoms with Crippen molar-refractivity contribution in [1.29, 1.82) is 0 Å². The minimum atomic E-state index is -1.25. The summed E-state index contributed by atoms with van der Waals surface area (Å²) in [6.07, 6.45) is 0.451. The number of carboxylic acids is 1. The smallest absolute Gasteiger partial charge is 0.412 e. The van der Waals surface area contributed by atoms with Crippen LogP contribution in [0.4, 0.5) is 10.5 Å². The van der Waals surface area contributed by atoms with Crippen LogP contribution in [0.5, 0.6) is 0 Å². The molecule has 0 unspecified atom stereocenters. The number of hydrogen-bond donors (Lipinski definition) is 2. The van der Waals surface area contributed by atoms with Gasteiger partial charge in [0.1, 0.15) is 5.60 Å². The maximum absolute atomic E-state index is 11.3. The van der Waals surface area contributed by atoms with Gasteiger partial charge in [-0.05, 0) is 20.8 Å². The fourth-order valence-corrected chi connectivity index (χ4v) is 0.987. The molecular weight excluding hydrogens is 214 g/mol. The van der Waals surface area contributed by atoms with Gasteiger partial charge < -0.3 is 14.3 Å². The van der Waals surface area contributed by atoms with Crippen LogP contribution in [0, 0.1) is 0 Å². The average Bonchev–Trinajstić information content (AvgIpc) is 2.47. The molecule has 6 heteroatoms. The standard InChI is InChI=1S/C10H13NO5/c1-10(2,3)16-9(14)11-6-4-5-15-7(6)8(12)13/h4-5H,1-3H3,(H,11,14)(H,12,13). The summed E-state index contributed by atoms with van der Waals surface area (Å²) in [7, 11) is 0. The molecule has 1 heterocycles. The topological polar surface area (TPSA) is 88.8 Å². The van der Waals surface area contributed by atoms with Gasteiger partial charge in [-0.2, -0.15) is 0 Å². The van der Waals surface area contributed by atoms with E-state index in [1.165, 1.54) is 12.3 Å². The van der Waals surface area contributed by atoms with Gasteiger partial charge in [0, 0.05) is 6.07 Å². The molecule has 0 fully saturated rings. The van der Waals surface area contributed by atoms with Crippen molar-refractivity contribution in [2.45, 2.75) is 26.4 Å². The van der Waals surface area contributed by atoms with Crippen molar-refractivity contribution in [2.75, 3.05) is 5.32 Å². The second kappa shape index (κ2) is 4.26. The Kier molecular flexibility index (Phi) is 3.22. The summed E-state index contributed by atoms with van der Waals surface area (Å²) in [6, 6.07) is 1.34. The number of hydrogen-bond acceptors (Lipinski definition) is 4. The third-order valence-electron chi connectivity index (χ3n) is 1.50. The van der Waals surface area contributed by atoms with Crippen molar-refractivity contribution in [3.8, 4) is 0 Å². The van der Waals surface area contributed by atoms with Gasteiger partial charge in [-0.3, -0.25) is 5.32 Å². The van der Waals surface area contributed by atoms with E-state index in [0.29, 0.717) is 0 Å². The SMILES string of the molecule is CC(C)(C)OC(=O)Nc1ccoc1C(=O)O. The van der Waals surface area contributed by atoms with Crippen LogP contribution >= 0.6 is 0 Å². The molecule has 88 valence electrons. The van der Waals surface area contributed by atoms with Gasteiger partial charge in [-0.1, -0.05) is 0 Å². The molecule has 0 saturated heterocycles. The predicted molar refractivity (Wildman–Crippen MR) is 55.5 cm³/mol. The highest BCUT2D eigenvalue weighted by Gasteiger charge is 2.20. The lowest BCUT2D eigenvalue weighted by Crippen LogP contribution is -2.27. The summed E-state index contributed by atoms with van der Waals surface area (Å²) in [6.45, 7) is 5.13. The Balaban J connectivity index is 2.70. The van der Waals surface area contributed by atoms with Crippen LogP contribution in [0.25, 0.3) is 0 Å². The predicted octanol–water partition coefficient (Wildman–Crippen LogP) is 2.32. The highest BCUT2D eigenvalue weighted by molar-refractivity contribution is 5.96. The first-order valence-corrected chi connectivity index (χ1v) is 4.60. The quantitative estimate of drug-likeness (QED) is 0.809. The number of furan rings is 1. The molecule has 1 aromatic rings. The van der Waals surface area contributed by atoms with Gasteiger partial charge in [0.25, 0.3) is 0 Å². The fraction of sp³-hybridized carbons (Fsp3) is 0.400. The average molecular weight is 227 g/mol. The van der Waals surface area contributed by atoms with Crippen molar-refractivity contribution in [3.05, 3.63) is 18.1 Å². The number of ether oxygens (including phenoxy) is 1. The number of nitrogens with one attached hydrogen (secondary N) is 1. The minimum absolute atomic E-state index is 0.0711. The van der Waals surface area contributed by atoms with E-state index >= 15 is 0 Å². The molecule has 0 radical (unpaired) electrons. The lowest BCUT2D eigenvalue weighted by atomic mass is 10.2. The molecule has 0 aliphatic carbocycles. The summed E-state index contributed by atoms with van der Waals surface area (Å²) in [5.74, 6) is -1.58. The Morgan fingerprint density at radius 2 is 2.06 bits per heavy atom. The van der Waals surface area contributed by atoms with E-state index in [1.54, 1.807) is 20.8 Å². The minimum Gasteiger partial charge on any atom is -0.475 e. The number of rotatable bonds is 2. The summed E-state index contributed by atoms with van der Waals surface area (Å²) in [4.78, 5) is 22.0. The molecule has 0 aliphatic heterocycles. The number of anilines is 1. The molecule has 0 saturated carbocycles. The van der Waals surface area contributed by atoms with Crippen LogP contribution in [-0.4, -0.2) is 22.8 Å². The van der Waals surface area contributed by atoms with Crippen molar-refractivity contribution < 1.29 is 23.8 Å². The lowest BCUT2D eigenvalue weighted by Gasteiger charge is -2.19. The van der Waals surface area contributed by atoms with E-state index in [-0.39, 0.29) is 11.4 Å². The van der Waals surface area contributed by atoms with Crippen molar-refractivity contribution in [2.24, 2.45) is 0 Å². The molecule has 0 atom stereocenters. The third kappa shape index (κ3) is 3.30. The molecular formula is C10H13NO5. The lowest BCUT2D eigenvalue weighted by molar-refractivity contribution is 0.0635. The first-order valence-electron chi connectivity index (χ1n) is 4.60. The largest absolute Gasteiger partial charge is 0.475 e. The van der Waals surface area contributed by atoms with Crippen LogP contribution in [-0.2, 0) is 4.74 Å². The van der Waals surface area contributed by atoms with Gasteiger partial charge in [-0.25, -0.2) is 9.59 Å². The zero-order chi connectivity index (χ0) is 12.3. The first-order chi connectivity index (χ1) is 7.29. The molecule has 0 bridgehead atoms. The monoisotopic (exact) mass is 227 g/mol. The summed E-state index contributed by atoms with van der Waals surface area (Å²) < 4.78 is 9.65. The Labute approximate surface area is 92.2 Å². The molecule has 0 aliphatic rings. The highest BCUT2D eigenvalue weighted by atomic mass is 16.6. The maximum atomic E-state index is 11.3. The Bertz CT molecular complexity index is 402. The number of aromatic carboxylic acids is 1. The van der Waals surface area contributed by atoms with Gasteiger partial charge in [0.05, 0.1) is 12.0 Å². The highest BCUT2D eigenvalue weighted by Crippen LogP contribution is 2.18. The molecule has 1 rings (SSSR count). The van der Waals surface area contributed by atoms with Crippen LogP contribution in [0.1, 0.15) is 31.3 Å². The second-order valence-corrected chi connectivity index (χ2v) is 4.10. The molecule has 0 spiro atoms. The van der Waals surface area contributed by atoms with Crippen LogP contribution in [0.3, 0.4) is 0 Å². The van der Waals surface area contributed by atoms with E-state index in [1.807, 2.05) is 0 Å². The molecule has 1 aromatic heterocycles. The van der Waals surface area contributed by atoms with Gasteiger partial charge in [0.2, 0.25) is 5.76 Å². The Hall–Kier alpha value is -1.98. The maximum Gasteiger partial charge on any atom is 0.412 e. The molecule has 1 amide bonds. The normalized spacial score (nSPS) is 10.9. The number of carbonyl (C=O) groups is 2. The van der Waals surface area contributed by atoms with Gasteiger partial charge in [-0.15, -0.1) is 0 Å². The van der Waals surface area contributed by atoms with Crippen LogP contribution in [0.15, 0.2) is 16.7 Å². The van der Waals surface area contributed by atoms with E-state index in [0.717, 1.165) is 0 Å². The van der Waals surface area contributed by atoms with Crippen molar-refractivity contribution >= 4 is 17.7 Å². The molecule has 2 N–H and O–H groups in total. The molecule has 6 nitrogen and oxygen atoms in total. The van der Waals surface area contributed by atoms with Crippen LogP contribution in [0.2, 0.25) is 0 Å². The van der Waals surface area contributed by atoms with E-state index < -0.39 is 17.7 Å². The zero-order valence-electron chi connectivity index (χ0n) is 9.23. The fourth-order valence-electron chi connectivity index (χ4n) is 0.987. The van der Waals surface area contributed by atoms with Gasteiger partial charge in [0.15, 0.2) is 0 Å². The Morgan fingerprint density at radius 1 is 1.44 bits per heavy atom. The summed E-state index contributed by atoms with van der Waals surface area (Å²) >= 11 is 0. The Morgan fingerprint density at radius 3 is 2.56 bits per heavy atom. The third-order valence-corrected chi connectivity index (χ3v) is 1.50. The molecule has 16 heavy (non-hydrogen) atoms. The number of carboxylic acid groups (broad SMARTS) is 1. The number of amides is 1. The zero-order valence-corrected chi connectivity index (χ0v) is 9.23. The van der Waals surface area contributed by atoms with Crippen molar-refractivity contribution in [3.63, 3.8) is 0 Å². The molecule has 0 aromatic carbocycles. The summed E-state index contributed by atoms with van der Waals surface area (Å²) in [5, 5.41) is 11.0. The first kappa shape index (κ1) is 12.1. The van der Waals surface area contributed by atoms with Crippen molar-refractivity contribution in [1.82, 2.24) is 0 Å². The summed E-state index contributed by atoms with van der Waals surface area (Å²) in [5.41, 5.74) is -0.571.